The van der Waals surface area contributed by atoms with Crippen LogP contribution >= 0.6 is 0 Å². The molecule has 0 saturated heterocycles. The van der Waals surface area contributed by atoms with Gasteiger partial charge in [0.2, 0.25) is 18.6 Å². The third-order valence-electron chi connectivity index (χ3n) is 5.56. The Morgan fingerprint density at radius 2 is 2.07 bits per heavy atom. The monoisotopic (exact) mass is 367 g/mol. The Bertz CT molecular complexity index is 948. The van der Waals surface area contributed by atoms with Crippen LogP contribution in [0.1, 0.15) is 37.5 Å². The number of hydrogen-bond donors (Lipinski definition) is 2. The van der Waals surface area contributed by atoms with Gasteiger partial charge in [0.1, 0.15) is 0 Å². The number of fused-ring (bicyclic) bond motifs is 2. The van der Waals surface area contributed by atoms with Crippen LogP contribution in [0.15, 0.2) is 45.9 Å². The SMILES string of the molecule is N[C@@]1(CO)CCC2=CCC(c3nnc(-c4ccc5c(c4)OCO5)o3)C=C2C1. The second kappa shape index (κ2) is 6.21. The van der Waals surface area contributed by atoms with Crippen LogP contribution in [0.2, 0.25) is 0 Å². The Kier molecular flexibility index (Phi) is 3.80. The number of allylic oxidation sites excluding steroid dienone is 3. The fourth-order valence-corrected chi connectivity index (χ4v) is 3.94. The standard InChI is InChI=1S/C20H21N3O4/c21-20(10-24)6-5-12-1-2-13(7-15(12)9-20)18-22-23-19(27-18)14-3-4-16-17(8-14)26-11-25-16/h1,3-4,7-8,13,24H,2,5-6,9-11,21H2/t13?,20-/m0/s1. The van der Waals surface area contributed by atoms with E-state index in [0.29, 0.717) is 24.0 Å². The van der Waals surface area contributed by atoms with Crippen LogP contribution in [0, 0.1) is 0 Å². The number of hydrogen-bond acceptors (Lipinski definition) is 7. The van der Waals surface area contributed by atoms with Gasteiger partial charge in [-0.1, -0.05) is 12.2 Å². The Balaban J connectivity index is 1.39. The van der Waals surface area contributed by atoms with E-state index in [1.54, 1.807) is 0 Å². The molecule has 1 unspecified atom stereocenters. The quantitative estimate of drug-likeness (QED) is 0.859. The molecule has 0 spiro atoms. The Morgan fingerprint density at radius 3 is 2.96 bits per heavy atom. The highest BCUT2D eigenvalue weighted by atomic mass is 16.7. The Labute approximate surface area is 156 Å². The zero-order chi connectivity index (χ0) is 18.4. The van der Waals surface area contributed by atoms with Crippen molar-refractivity contribution in [3.63, 3.8) is 0 Å². The number of ether oxygens (including phenoxy) is 2. The summed E-state index contributed by atoms with van der Waals surface area (Å²) in [5, 5.41) is 18.1. The molecule has 3 N–H and O–H groups in total. The van der Waals surface area contributed by atoms with E-state index in [1.165, 1.54) is 11.1 Å². The van der Waals surface area contributed by atoms with Gasteiger partial charge < -0.3 is 24.7 Å². The normalized spacial score (nSPS) is 26.4. The maximum atomic E-state index is 9.59. The number of rotatable bonds is 3. The molecule has 1 saturated carbocycles. The van der Waals surface area contributed by atoms with Gasteiger partial charge in [0.25, 0.3) is 0 Å². The smallest absolute Gasteiger partial charge is 0.247 e. The summed E-state index contributed by atoms with van der Waals surface area (Å²) in [6.45, 7) is 0.228. The highest BCUT2D eigenvalue weighted by molar-refractivity contribution is 5.60. The van der Waals surface area contributed by atoms with E-state index in [2.05, 4.69) is 22.3 Å². The van der Waals surface area contributed by atoms with Crippen molar-refractivity contribution in [1.29, 1.82) is 0 Å². The second-order valence-corrected chi connectivity index (χ2v) is 7.47. The first-order chi connectivity index (χ1) is 13.1. The van der Waals surface area contributed by atoms with Gasteiger partial charge in [0, 0.05) is 11.1 Å². The number of nitrogens with zero attached hydrogens (tertiary/aromatic N) is 2. The third kappa shape index (κ3) is 2.93. The molecule has 2 atom stereocenters. The van der Waals surface area contributed by atoms with E-state index in [0.717, 1.165) is 30.6 Å². The molecule has 7 nitrogen and oxygen atoms in total. The average molecular weight is 367 g/mol. The van der Waals surface area contributed by atoms with E-state index in [9.17, 15) is 5.11 Å². The molecule has 5 rings (SSSR count). The summed E-state index contributed by atoms with van der Waals surface area (Å²) in [4.78, 5) is 0. The fourth-order valence-electron chi connectivity index (χ4n) is 3.94. The molecule has 1 fully saturated rings. The first-order valence-electron chi connectivity index (χ1n) is 9.17. The first kappa shape index (κ1) is 16.5. The molecule has 1 aliphatic heterocycles. The molecule has 7 heteroatoms. The summed E-state index contributed by atoms with van der Waals surface area (Å²) in [5.41, 5.74) is 9.08. The summed E-state index contributed by atoms with van der Waals surface area (Å²) >= 11 is 0. The van der Waals surface area contributed by atoms with Crippen LogP contribution < -0.4 is 15.2 Å². The van der Waals surface area contributed by atoms with Crippen molar-refractivity contribution in [2.75, 3.05) is 13.4 Å². The van der Waals surface area contributed by atoms with Crippen LogP contribution in [0.4, 0.5) is 0 Å². The van der Waals surface area contributed by atoms with Gasteiger partial charge in [-0.05, 0) is 55.0 Å². The number of aliphatic hydroxyl groups excluding tert-OH is 1. The number of aromatic nitrogens is 2. The number of nitrogens with two attached hydrogens (primary N) is 1. The molecule has 0 bridgehead atoms. The average Bonchev–Trinajstić information content (AvgIpc) is 3.36. The molecular formula is C20H21N3O4. The minimum absolute atomic E-state index is 0.00287. The zero-order valence-electron chi connectivity index (χ0n) is 14.9. The van der Waals surface area contributed by atoms with E-state index in [1.807, 2.05) is 18.2 Å². The largest absolute Gasteiger partial charge is 0.454 e. The van der Waals surface area contributed by atoms with Crippen molar-refractivity contribution in [2.45, 2.75) is 37.1 Å². The molecule has 0 amide bonds. The lowest BCUT2D eigenvalue weighted by atomic mass is 9.74. The van der Waals surface area contributed by atoms with E-state index >= 15 is 0 Å². The zero-order valence-corrected chi connectivity index (χ0v) is 14.9. The van der Waals surface area contributed by atoms with Crippen LogP contribution in [0.3, 0.4) is 0 Å². The maximum absolute atomic E-state index is 9.59. The summed E-state index contributed by atoms with van der Waals surface area (Å²) < 4.78 is 16.7. The van der Waals surface area contributed by atoms with Gasteiger partial charge in [-0.25, -0.2) is 0 Å². The minimum atomic E-state index is -0.530. The van der Waals surface area contributed by atoms with E-state index in [4.69, 9.17) is 19.6 Å². The van der Waals surface area contributed by atoms with Crippen molar-refractivity contribution in [3.8, 4) is 23.0 Å². The molecule has 27 heavy (non-hydrogen) atoms. The molecule has 2 aliphatic carbocycles. The minimum Gasteiger partial charge on any atom is -0.454 e. The number of aliphatic hydroxyl groups is 1. The van der Waals surface area contributed by atoms with Crippen LogP contribution in [0.5, 0.6) is 11.5 Å². The van der Waals surface area contributed by atoms with Gasteiger partial charge in [-0.2, -0.15) is 0 Å². The maximum Gasteiger partial charge on any atom is 0.247 e. The molecule has 1 aromatic heterocycles. The highest BCUT2D eigenvalue weighted by Gasteiger charge is 2.34. The lowest BCUT2D eigenvalue weighted by Crippen LogP contribution is -2.46. The molecule has 0 radical (unpaired) electrons. The first-order valence-corrected chi connectivity index (χ1v) is 9.17. The third-order valence-corrected chi connectivity index (χ3v) is 5.56. The highest BCUT2D eigenvalue weighted by Crippen LogP contribution is 2.41. The lowest BCUT2D eigenvalue weighted by Gasteiger charge is -2.36. The van der Waals surface area contributed by atoms with E-state index < -0.39 is 5.54 Å². The van der Waals surface area contributed by atoms with Gasteiger partial charge in [0.15, 0.2) is 11.5 Å². The summed E-state index contributed by atoms with van der Waals surface area (Å²) in [7, 11) is 0. The molecule has 3 aliphatic rings. The van der Waals surface area contributed by atoms with Gasteiger partial charge in [-0.3, -0.25) is 0 Å². The predicted octanol–water partition coefficient (Wildman–Crippen LogP) is 2.68. The molecule has 2 aromatic rings. The Hall–Kier alpha value is -2.64. The van der Waals surface area contributed by atoms with Crippen molar-refractivity contribution < 1.29 is 19.0 Å². The van der Waals surface area contributed by atoms with Crippen LogP contribution in [-0.2, 0) is 0 Å². The van der Waals surface area contributed by atoms with E-state index in [-0.39, 0.29) is 19.3 Å². The molecule has 1 aromatic carbocycles. The topological polar surface area (TPSA) is 104 Å². The van der Waals surface area contributed by atoms with Crippen LogP contribution in [-0.4, -0.2) is 34.2 Å². The predicted molar refractivity (Wildman–Crippen MR) is 97.2 cm³/mol. The Morgan fingerprint density at radius 1 is 1.19 bits per heavy atom. The van der Waals surface area contributed by atoms with Gasteiger partial charge >= 0.3 is 0 Å². The van der Waals surface area contributed by atoms with Gasteiger partial charge in [0.05, 0.1) is 12.5 Å². The number of benzene rings is 1. The van der Waals surface area contributed by atoms with Crippen molar-refractivity contribution >= 4 is 0 Å². The van der Waals surface area contributed by atoms with Crippen molar-refractivity contribution in [1.82, 2.24) is 10.2 Å². The molecule has 140 valence electrons. The summed E-state index contributed by atoms with van der Waals surface area (Å²) in [6, 6.07) is 5.58. The van der Waals surface area contributed by atoms with Crippen LogP contribution in [0.25, 0.3) is 11.5 Å². The van der Waals surface area contributed by atoms with Gasteiger partial charge in [-0.15, -0.1) is 10.2 Å². The van der Waals surface area contributed by atoms with Crippen molar-refractivity contribution in [3.05, 3.63) is 47.4 Å². The summed E-state index contributed by atoms with van der Waals surface area (Å²) in [6.07, 6.45) is 7.63. The van der Waals surface area contributed by atoms with Crippen molar-refractivity contribution in [2.24, 2.45) is 5.73 Å². The summed E-state index contributed by atoms with van der Waals surface area (Å²) in [5.74, 6) is 2.48. The molecular weight excluding hydrogens is 346 g/mol. The molecule has 2 heterocycles. The lowest BCUT2D eigenvalue weighted by molar-refractivity contribution is 0.174. The second-order valence-electron chi connectivity index (χ2n) is 7.47. The fraction of sp³-hybridized carbons (Fsp3) is 0.400.